The molecule has 1 amide bonds. The molecule has 0 heterocycles. The number of nitrogens with zero attached hydrogens (tertiary/aromatic N) is 1. The molecule has 0 spiro atoms. The maximum Gasteiger partial charge on any atom is 0.404 e. The van der Waals surface area contributed by atoms with Crippen molar-refractivity contribution in [3.8, 4) is 0 Å². The molecular weight excluding hydrogens is 416 g/mol. The van der Waals surface area contributed by atoms with Crippen LogP contribution >= 0.6 is 0 Å². The summed E-state index contributed by atoms with van der Waals surface area (Å²) in [6, 6.07) is 10.2. The highest BCUT2D eigenvalue weighted by molar-refractivity contribution is 5.80. The van der Waals surface area contributed by atoms with Gasteiger partial charge in [-0.15, -0.1) is 0 Å². The first-order chi connectivity index (χ1) is 15.7. The van der Waals surface area contributed by atoms with Crippen molar-refractivity contribution in [2.75, 3.05) is 20.2 Å². The lowest BCUT2D eigenvalue weighted by Gasteiger charge is -2.23. The Morgan fingerprint density at radius 2 is 1.30 bits per heavy atom. The number of nitrogens with two attached hydrogens (primary N) is 1. The van der Waals surface area contributed by atoms with E-state index in [1.165, 1.54) is 12.7 Å². The molecule has 1 aromatic rings. The number of methoxy groups -OCH3 is 1. The summed E-state index contributed by atoms with van der Waals surface area (Å²) < 4.78 is 3.89. The molecule has 1 atom stereocenters. The Bertz CT molecular complexity index is 530. The first kappa shape index (κ1) is 41.1. The van der Waals surface area contributed by atoms with Gasteiger partial charge in [-0.1, -0.05) is 92.6 Å². The molecule has 1 rings (SSSR count). The summed E-state index contributed by atoms with van der Waals surface area (Å²) in [5.41, 5.74) is 5.68. The second kappa shape index (κ2) is 34.4. The van der Waals surface area contributed by atoms with E-state index >= 15 is 0 Å². The summed E-state index contributed by atoms with van der Waals surface area (Å²) in [5, 5.41) is 0. The van der Waals surface area contributed by atoms with Gasteiger partial charge in [-0.3, -0.25) is 14.5 Å². The number of likely N-dealkylation sites (N-methyl/N-ethyl adjacent to an activating group) is 1. The smallest absolute Gasteiger partial charge is 0.404 e. The molecule has 0 saturated heterocycles. The van der Waals surface area contributed by atoms with Gasteiger partial charge in [0.25, 0.3) is 0 Å². The Labute approximate surface area is 205 Å². The van der Waals surface area contributed by atoms with E-state index in [0.717, 1.165) is 19.5 Å². The van der Waals surface area contributed by atoms with E-state index in [4.69, 9.17) is 0 Å². The van der Waals surface area contributed by atoms with E-state index in [2.05, 4.69) is 41.4 Å². The molecule has 0 saturated carbocycles. The normalized spacial score (nSPS) is 9.24. The van der Waals surface area contributed by atoms with Crippen molar-refractivity contribution < 1.29 is 19.1 Å². The molecule has 0 bridgehead atoms. The van der Waals surface area contributed by atoms with Crippen LogP contribution < -0.4 is 5.73 Å². The average Bonchev–Trinajstić information content (AvgIpc) is 2.88. The van der Waals surface area contributed by atoms with E-state index in [1.807, 2.05) is 73.6 Å². The Kier molecular flexibility index (Phi) is 42.8. The number of hydrogen-bond donors (Lipinski definition) is 1. The highest BCUT2D eigenvalue weighted by Gasteiger charge is 2.13. The van der Waals surface area contributed by atoms with E-state index in [0.29, 0.717) is 18.6 Å². The van der Waals surface area contributed by atoms with Crippen LogP contribution in [0, 0.1) is 0 Å². The number of hydrogen-bond acceptors (Lipinski definition) is 5. The van der Waals surface area contributed by atoms with E-state index in [9.17, 15) is 14.4 Å². The van der Waals surface area contributed by atoms with Gasteiger partial charge >= 0.3 is 6.09 Å². The van der Waals surface area contributed by atoms with Gasteiger partial charge in [0.05, 0.1) is 13.2 Å². The maximum atomic E-state index is 11.0. The summed E-state index contributed by atoms with van der Waals surface area (Å²) in [4.78, 5) is 33.4. The van der Waals surface area contributed by atoms with Crippen molar-refractivity contribution in [1.82, 2.24) is 4.90 Å². The fraction of sp³-hybridized carbons (Fsp3) is 0.667. The second-order valence-corrected chi connectivity index (χ2v) is 5.91. The summed E-state index contributed by atoms with van der Waals surface area (Å²) in [5.74, 6) is 0.600. The van der Waals surface area contributed by atoms with Crippen LogP contribution in [0.3, 0.4) is 0 Å². The zero-order chi connectivity index (χ0) is 27.2. The number of carbonyl (C=O) groups excluding carboxylic acids is 3. The zero-order valence-electron chi connectivity index (χ0n) is 23.7. The van der Waals surface area contributed by atoms with Crippen molar-refractivity contribution >= 4 is 17.7 Å². The summed E-state index contributed by atoms with van der Waals surface area (Å²) >= 11 is 0. The fourth-order valence-corrected chi connectivity index (χ4v) is 2.13. The van der Waals surface area contributed by atoms with Gasteiger partial charge in [0.15, 0.2) is 0 Å². The Hall–Kier alpha value is -2.21. The highest BCUT2D eigenvalue weighted by Crippen LogP contribution is 2.03. The summed E-state index contributed by atoms with van der Waals surface area (Å²) in [6.07, 6.45) is 1.48. The minimum Gasteiger partial charge on any atom is -0.453 e. The number of benzene rings is 1. The van der Waals surface area contributed by atoms with E-state index in [-0.39, 0.29) is 11.8 Å². The molecule has 0 fully saturated rings. The first-order valence-corrected chi connectivity index (χ1v) is 12.4. The molecule has 0 aliphatic carbocycles. The van der Waals surface area contributed by atoms with Crippen molar-refractivity contribution in [2.45, 2.75) is 101 Å². The summed E-state index contributed by atoms with van der Waals surface area (Å²) in [7, 11) is 1.22. The van der Waals surface area contributed by atoms with Crippen LogP contribution in [-0.4, -0.2) is 48.8 Å². The third-order valence-electron chi connectivity index (χ3n) is 4.08. The largest absolute Gasteiger partial charge is 0.453 e. The van der Waals surface area contributed by atoms with Gasteiger partial charge < -0.3 is 10.5 Å². The topological polar surface area (TPSA) is 89.7 Å². The van der Waals surface area contributed by atoms with Crippen LogP contribution in [0.15, 0.2) is 30.3 Å². The number of carbonyl (C=O) groups is 3. The van der Waals surface area contributed by atoms with Crippen LogP contribution in [0.5, 0.6) is 0 Å². The molecule has 0 radical (unpaired) electrons. The molecule has 196 valence electrons. The molecule has 33 heavy (non-hydrogen) atoms. The van der Waals surface area contributed by atoms with Crippen LogP contribution in [0.25, 0.3) is 0 Å². The standard InChI is InChI=1S/C11H14O.C8H17NO.C2H5NO2.3C2H6/c1-2-11(12)9-8-10-6-4-3-5-7-10;1-5-9(6-2)7(3)8(4)10;1-5-2(3)4;3*1-2/h3-7H,2,8-9H2,1H3;7H,5-6H2,1-4H3;1H3,(H2,3,4);3*1-2H3. The predicted molar refractivity (Wildman–Crippen MR) is 144 cm³/mol. The molecular formula is C27H54N2O4. The van der Waals surface area contributed by atoms with Gasteiger partial charge in [0.2, 0.25) is 0 Å². The molecule has 0 aliphatic heterocycles. The lowest BCUT2D eigenvalue weighted by Crippen LogP contribution is -2.37. The van der Waals surface area contributed by atoms with Crippen LogP contribution in [0.1, 0.15) is 94.6 Å². The second-order valence-electron chi connectivity index (χ2n) is 5.91. The van der Waals surface area contributed by atoms with Crippen molar-refractivity contribution in [3.05, 3.63) is 35.9 Å². The predicted octanol–water partition coefficient (Wildman–Crippen LogP) is 6.69. The number of ether oxygens (including phenoxy) is 1. The van der Waals surface area contributed by atoms with E-state index < -0.39 is 6.09 Å². The van der Waals surface area contributed by atoms with Crippen LogP contribution in [0.2, 0.25) is 0 Å². The van der Waals surface area contributed by atoms with Gasteiger partial charge in [-0.2, -0.15) is 0 Å². The Balaban J connectivity index is -0.000000112. The number of amides is 1. The Morgan fingerprint density at radius 3 is 1.55 bits per heavy atom. The fourth-order valence-electron chi connectivity index (χ4n) is 2.13. The van der Waals surface area contributed by atoms with Crippen LogP contribution in [0.4, 0.5) is 4.79 Å². The third-order valence-corrected chi connectivity index (χ3v) is 4.08. The number of ketones is 2. The molecule has 1 aromatic carbocycles. The maximum absolute atomic E-state index is 11.0. The molecule has 1 unspecified atom stereocenters. The third kappa shape index (κ3) is 32.1. The molecule has 6 heteroatoms. The molecule has 6 nitrogen and oxygen atoms in total. The van der Waals surface area contributed by atoms with Crippen molar-refractivity contribution in [2.24, 2.45) is 5.73 Å². The van der Waals surface area contributed by atoms with Crippen molar-refractivity contribution in [1.29, 1.82) is 0 Å². The van der Waals surface area contributed by atoms with E-state index in [1.54, 1.807) is 6.92 Å². The number of Topliss-reactive ketones (excluding diaryl/α,β-unsaturated/α-hetero) is 2. The van der Waals surface area contributed by atoms with Gasteiger partial charge in [0, 0.05) is 12.8 Å². The quantitative estimate of drug-likeness (QED) is 0.457. The number of primary amides is 1. The molecule has 2 N–H and O–H groups in total. The number of aryl methyl sites for hydroxylation is 1. The minimum atomic E-state index is -0.745. The molecule has 0 aliphatic rings. The van der Waals surface area contributed by atoms with Crippen molar-refractivity contribution in [3.63, 3.8) is 0 Å². The molecule has 0 aromatic heterocycles. The lowest BCUT2D eigenvalue weighted by molar-refractivity contribution is -0.121. The highest BCUT2D eigenvalue weighted by atomic mass is 16.5. The number of rotatable bonds is 8. The van der Waals surface area contributed by atoms with Gasteiger partial charge in [-0.25, -0.2) is 4.79 Å². The summed E-state index contributed by atoms with van der Waals surface area (Å²) in [6.45, 7) is 23.6. The van der Waals surface area contributed by atoms with Crippen LogP contribution in [-0.2, 0) is 20.7 Å². The van der Waals surface area contributed by atoms with Gasteiger partial charge in [-0.05, 0) is 38.9 Å². The van der Waals surface area contributed by atoms with Gasteiger partial charge in [0.1, 0.15) is 11.6 Å². The minimum absolute atomic E-state index is 0.0926. The Morgan fingerprint density at radius 1 is 0.909 bits per heavy atom. The first-order valence-electron chi connectivity index (χ1n) is 12.4. The SMILES string of the molecule is CC.CC.CC.CCC(=O)CCc1ccccc1.CCN(CC)C(C)C(C)=O.COC(N)=O. The zero-order valence-corrected chi connectivity index (χ0v) is 23.7. The lowest BCUT2D eigenvalue weighted by atomic mass is 10.1. The average molecular weight is 471 g/mol. The monoisotopic (exact) mass is 470 g/mol.